The Balaban J connectivity index is 3.06. The molecule has 0 saturated heterocycles. The number of benzene rings is 1. The summed E-state index contributed by atoms with van der Waals surface area (Å²) in [6.07, 6.45) is 0. The van der Waals surface area contributed by atoms with Crippen molar-refractivity contribution in [3.8, 4) is 0 Å². The van der Waals surface area contributed by atoms with Crippen LogP contribution in [0.2, 0.25) is 0 Å². The zero-order valence-electron chi connectivity index (χ0n) is 6.12. The van der Waals surface area contributed by atoms with Gasteiger partial charge < -0.3 is 5.73 Å². The Bertz CT molecular complexity index is 251. The van der Waals surface area contributed by atoms with E-state index in [4.69, 9.17) is 22.9 Å². The summed E-state index contributed by atoms with van der Waals surface area (Å²) >= 11 is 0. The van der Waals surface area contributed by atoms with Gasteiger partial charge in [-0.2, -0.15) is 0 Å². The molecule has 0 heterocycles. The van der Waals surface area contributed by atoms with E-state index in [2.05, 4.69) is 0 Å². The fourth-order valence-electron chi connectivity index (χ4n) is 0.808. The number of rotatable bonds is 1. The first-order valence-corrected chi connectivity index (χ1v) is 3.23. The van der Waals surface area contributed by atoms with E-state index in [1.807, 2.05) is 0 Å². The number of hydrogen-bond acceptors (Lipinski definition) is 4. The highest BCUT2D eigenvalue weighted by molar-refractivity contribution is 5.42. The molecular weight excluding hydrogens is 140 g/mol. The molecule has 4 nitrogen and oxygen atoms in total. The molecule has 0 unspecified atom stereocenters. The summed E-state index contributed by atoms with van der Waals surface area (Å²) in [5.41, 5.74) is 23.0. The van der Waals surface area contributed by atoms with Crippen LogP contribution in [-0.2, 0) is 5.79 Å². The monoisotopic (exact) mass is 152 g/mol. The number of anilines is 1. The van der Waals surface area contributed by atoms with Crippen LogP contribution in [0.15, 0.2) is 24.3 Å². The molecule has 11 heavy (non-hydrogen) atoms. The predicted octanol–water partition coefficient (Wildman–Crippen LogP) is -0.745. The molecule has 1 aromatic rings. The van der Waals surface area contributed by atoms with E-state index in [0.717, 1.165) is 0 Å². The van der Waals surface area contributed by atoms with E-state index in [1.165, 1.54) is 0 Å². The summed E-state index contributed by atoms with van der Waals surface area (Å²) in [5.74, 6) is -1.30. The molecule has 4 heteroatoms. The van der Waals surface area contributed by atoms with Crippen molar-refractivity contribution in [3.63, 3.8) is 0 Å². The van der Waals surface area contributed by atoms with Crippen molar-refractivity contribution in [2.75, 3.05) is 5.73 Å². The van der Waals surface area contributed by atoms with Crippen LogP contribution in [0.1, 0.15) is 5.56 Å². The Morgan fingerprint density at radius 2 is 1.73 bits per heavy atom. The van der Waals surface area contributed by atoms with Gasteiger partial charge >= 0.3 is 0 Å². The second-order valence-electron chi connectivity index (χ2n) is 2.56. The Morgan fingerprint density at radius 1 is 1.09 bits per heavy atom. The highest BCUT2D eigenvalue weighted by Gasteiger charge is 2.14. The number of hydrogen-bond donors (Lipinski definition) is 4. The fourth-order valence-corrected chi connectivity index (χ4v) is 0.808. The first kappa shape index (κ1) is 8.00. The summed E-state index contributed by atoms with van der Waals surface area (Å²) in [6.45, 7) is 0. The molecule has 0 fully saturated rings. The average Bonchev–Trinajstić information content (AvgIpc) is 1.86. The molecule has 0 aromatic heterocycles. The Labute approximate surface area is 65.2 Å². The van der Waals surface area contributed by atoms with Crippen molar-refractivity contribution in [2.24, 2.45) is 17.2 Å². The normalized spacial score (nSPS) is 11.5. The Morgan fingerprint density at radius 3 is 2.09 bits per heavy atom. The molecular formula is C7H12N4. The first-order valence-electron chi connectivity index (χ1n) is 3.23. The predicted molar refractivity (Wildman–Crippen MR) is 45.1 cm³/mol. The molecule has 0 atom stereocenters. The minimum Gasteiger partial charge on any atom is -0.399 e. The molecule has 0 aliphatic heterocycles. The van der Waals surface area contributed by atoms with Crippen molar-refractivity contribution >= 4 is 5.69 Å². The van der Waals surface area contributed by atoms with Crippen LogP contribution in [0.3, 0.4) is 0 Å². The minimum absolute atomic E-state index is 0.605. The van der Waals surface area contributed by atoms with Gasteiger partial charge in [0.2, 0.25) is 0 Å². The molecule has 0 amide bonds. The summed E-state index contributed by atoms with van der Waals surface area (Å²) in [7, 11) is 0. The summed E-state index contributed by atoms with van der Waals surface area (Å²) in [4.78, 5) is 0. The van der Waals surface area contributed by atoms with Gasteiger partial charge in [0.15, 0.2) is 0 Å². The van der Waals surface area contributed by atoms with Crippen LogP contribution in [0.4, 0.5) is 5.69 Å². The van der Waals surface area contributed by atoms with Gasteiger partial charge in [0.1, 0.15) is 5.79 Å². The van der Waals surface area contributed by atoms with E-state index in [9.17, 15) is 0 Å². The maximum atomic E-state index is 5.49. The molecule has 8 N–H and O–H groups in total. The van der Waals surface area contributed by atoms with Crippen molar-refractivity contribution in [1.82, 2.24) is 0 Å². The van der Waals surface area contributed by atoms with Crippen LogP contribution in [-0.4, -0.2) is 0 Å². The van der Waals surface area contributed by atoms with E-state index >= 15 is 0 Å². The highest BCUT2D eigenvalue weighted by atomic mass is 15.1. The number of nitrogen functional groups attached to an aromatic ring is 1. The van der Waals surface area contributed by atoms with Gasteiger partial charge in [-0.1, -0.05) is 12.1 Å². The first-order chi connectivity index (χ1) is 5.00. The Kier molecular flexibility index (Phi) is 1.82. The van der Waals surface area contributed by atoms with Gasteiger partial charge in [0.05, 0.1) is 0 Å². The van der Waals surface area contributed by atoms with Crippen molar-refractivity contribution in [3.05, 3.63) is 29.8 Å². The van der Waals surface area contributed by atoms with E-state index in [0.29, 0.717) is 11.3 Å². The third-order valence-electron chi connectivity index (χ3n) is 1.39. The second-order valence-corrected chi connectivity index (χ2v) is 2.56. The molecule has 0 saturated carbocycles. The van der Waals surface area contributed by atoms with Gasteiger partial charge in [0, 0.05) is 11.3 Å². The molecule has 1 rings (SSSR count). The van der Waals surface area contributed by atoms with Gasteiger partial charge in [-0.25, -0.2) is 0 Å². The molecule has 0 bridgehead atoms. The van der Waals surface area contributed by atoms with Crippen LogP contribution >= 0.6 is 0 Å². The number of nitrogens with two attached hydrogens (primary N) is 4. The van der Waals surface area contributed by atoms with Gasteiger partial charge in [0.25, 0.3) is 0 Å². The lowest BCUT2D eigenvalue weighted by Crippen LogP contribution is -2.54. The van der Waals surface area contributed by atoms with Crippen LogP contribution in [0.25, 0.3) is 0 Å². The molecule has 0 aliphatic rings. The molecule has 60 valence electrons. The van der Waals surface area contributed by atoms with E-state index < -0.39 is 5.79 Å². The zero-order chi connectivity index (χ0) is 8.48. The van der Waals surface area contributed by atoms with E-state index in [1.54, 1.807) is 24.3 Å². The lowest BCUT2D eigenvalue weighted by molar-refractivity contribution is 0.489. The average molecular weight is 152 g/mol. The third-order valence-corrected chi connectivity index (χ3v) is 1.39. The van der Waals surface area contributed by atoms with Gasteiger partial charge in [-0.05, 0) is 12.1 Å². The lowest BCUT2D eigenvalue weighted by Gasteiger charge is -2.18. The van der Waals surface area contributed by atoms with Crippen molar-refractivity contribution < 1.29 is 0 Å². The van der Waals surface area contributed by atoms with Crippen molar-refractivity contribution in [2.45, 2.75) is 5.79 Å². The summed E-state index contributed by atoms with van der Waals surface area (Å²) < 4.78 is 0. The maximum Gasteiger partial charge on any atom is 0.142 e. The molecule has 0 aliphatic carbocycles. The second kappa shape index (κ2) is 2.50. The Hall–Kier alpha value is -1.10. The van der Waals surface area contributed by atoms with Crippen LogP contribution in [0.5, 0.6) is 0 Å². The molecule has 1 aromatic carbocycles. The largest absolute Gasteiger partial charge is 0.399 e. The zero-order valence-corrected chi connectivity index (χ0v) is 6.12. The van der Waals surface area contributed by atoms with Crippen LogP contribution in [0, 0.1) is 0 Å². The smallest absolute Gasteiger partial charge is 0.142 e. The SMILES string of the molecule is Nc1cccc(C(N)(N)N)c1. The minimum atomic E-state index is -1.30. The van der Waals surface area contributed by atoms with Gasteiger partial charge in [-0.3, -0.25) is 17.2 Å². The van der Waals surface area contributed by atoms with Gasteiger partial charge in [-0.15, -0.1) is 0 Å². The third kappa shape index (κ3) is 1.91. The summed E-state index contributed by atoms with van der Waals surface area (Å²) in [5, 5.41) is 0. The maximum absolute atomic E-state index is 5.49. The fraction of sp³-hybridized carbons (Fsp3) is 0.143. The van der Waals surface area contributed by atoms with E-state index in [-0.39, 0.29) is 0 Å². The highest BCUT2D eigenvalue weighted by Crippen LogP contribution is 2.10. The molecule has 0 radical (unpaired) electrons. The quantitative estimate of drug-likeness (QED) is 0.314. The molecule has 0 spiro atoms. The topological polar surface area (TPSA) is 104 Å². The standard InChI is InChI=1S/C7H12N4/c8-6-3-1-2-5(4-6)7(9,10)11/h1-4H,8-11H2. The summed E-state index contributed by atoms with van der Waals surface area (Å²) in [6, 6.07) is 6.89. The lowest BCUT2D eigenvalue weighted by atomic mass is 10.1. The van der Waals surface area contributed by atoms with Crippen molar-refractivity contribution in [1.29, 1.82) is 0 Å². The van der Waals surface area contributed by atoms with Crippen LogP contribution < -0.4 is 22.9 Å².